The first kappa shape index (κ1) is 16.6. The van der Waals surface area contributed by atoms with Crippen molar-refractivity contribution in [3.63, 3.8) is 0 Å². The van der Waals surface area contributed by atoms with Crippen LogP contribution in [-0.4, -0.2) is 15.5 Å². The molecule has 18 heavy (non-hydrogen) atoms. The second kappa shape index (κ2) is 8.66. The van der Waals surface area contributed by atoms with E-state index in [-0.39, 0.29) is 5.17 Å². The summed E-state index contributed by atoms with van der Waals surface area (Å²) in [6, 6.07) is 5.97. The highest BCUT2D eigenvalue weighted by atomic mass is 32.1. The number of hydrogen-bond donors (Lipinski definition) is 3. The summed E-state index contributed by atoms with van der Waals surface area (Å²) in [6.45, 7) is 4.22. The van der Waals surface area contributed by atoms with E-state index in [0.717, 1.165) is 18.6 Å². The van der Waals surface area contributed by atoms with Crippen LogP contribution in [0.4, 0.5) is 0 Å². The van der Waals surface area contributed by atoms with E-state index in [9.17, 15) is 0 Å². The normalized spacial score (nSPS) is 9.00. The number of benzene rings is 1. The average Bonchev–Trinajstić information content (AvgIpc) is 2.27. The largest absolute Gasteiger partial charge is 0.487 e. The van der Waals surface area contributed by atoms with Gasteiger partial charge in [-0.05, 0) is 54.5 Å². The van der Waals surface area contributed by atoms with Crippen molar-refractivity contribution < 1.29 is 9.84 Å². The van der Waals surface area contributed by atoms with E-state index in [4.69, 9.17) is 27.8 Å². The van der Waals surface area contributed by atoms with Gasteiger partial charge < -0.3 is 21.3 Å². The van der Waals surface area contributed by atoms with Crippen LogP contribution in [0.1, 0.15) is 25.0 Å². The number of hydrogen-bond acceptors (Lipinski definition) is 3. The highest BCUT2D eigenvalue weighted by molar-refractivity contribution is 7.80. The first-order valence-electron chi connectivity index (χ1n) is 5.48. The van der Waals surface area contributed by atoms with Crippen LogP contribution >= 0.6 is 24.4 Å². The molecule has 0 spiro atoms. The Labute approximate surface area is 118 Å². The van der Waals surface area contributed by atoms with Gasteiger partial charge >= 0.3 is 0 Å². The topological polar surface area (TPSA) is 81.5 Å². The van der Waals surface area contributed by atoms with E-state index in [1.165, 1.54) is 11.1 Å². The predicted octanol–water partition coefficient (Wildman–Crippen LogP) is 2.22. The molecule has 0 radical (unpaired) electrons. The summed E-state index contributed by atoms with van der Waals surface area (Å²) in [5, 5.41) is 7.14. The third-order valence-electron chi connectivity index (χ3n) is 2.18. The fraction of sp³-hybridized carbons (Fsp3) is 0.333. The van der Waals surface area contributed by atoms with Crippen molar-refractivity contribution >= 4 is 34.8 Å². The van der Waals surface area contributed by atoms with Crippen LogP contribution in [0.5, 0.6) is 5.75 Å². The number of ether oxygens (including phenoxy) is 1. The summed E-state index contributed by atoms with van der Waals surface area (Å²) in [5.74, 6) is 0.791. The minimum Gasteiger partial charge on any atom is -0.487 e. The van der Waals surface area contributed by atoms with Gasteiger partial charge in [-0.1, -0.05) is 26.0 Å². The van der Waals surface area contributed by atoms with Crippen molar-refractivity contribution in [2.45, 2.75) is 26.7 Å². The molecular weight excluding hydrogens is 268 g/mol. The molecule has 0 unspecified atom stereocenters. The summed E-state index contributed by atoms with van der Waals surface area (Å²) in [7, 11) is 0. The molecule has 6 heteroatoms. The molecule has 0 heterocycles. The smallest absolute Gasteiger partial charge is 0.259 e. The molecule has 4 nitrogen and oxygen atoms in total. The van der Waals surface area contributed by atoms with E-state index in [1.54, 1.807) is 0 Å². The van der Waals surface area contributed by atoms with Gasteiger partial charge in [0.05, 0.1) is 0 Å². The number of aliphatic hydroxyl groups excluding tert-OH is 1. The zero-order chi connectivity index (χ0) is 14.1. The van der Waals surface area contributed by atoms with Gasteiger partial charge in [0.1, 0.15) is 5.75 Å². The SMILES string of the molecule is CCc1cccc(OC(N)=S)c1CC.NC(O)=S. The van der Waals surface area contributed by atoms with E-state index in [0.29, 0.717) is 0 Å². The molecule has 5 N–H and O–H groups in total. The van der Waals surface area contributed by atoms with Gasteiger partial charge in [0.2, 0.25) is 0 Å². The second-order valence-corrected chi connectivity index (χ2v) is 4.18. The lowest BCUT2D eigenvalue weighted by atomic mass is 10.0. The van der Waals surface area contributed by atoms with E-state index >= 15 is 0 Å². The van der Waals surface area contributed by atoms with Crippen LogP contribution in [0, 0.1) is 0 Å². The zero-order valence-electron chi connectivity index (χ0n) is 10.5. The molecular formula is C12H18N2O2S2. The quantitative estimate of drug-likeness (QED) is 0.739. The lowest BCUT2D eigenvalue weighted by Gasteiger charge is -2.11. The molecule has 1 rings (SSSR count). The maximum atomic E-state index is 7.56. The first-order valence-corrected chi connectivity index (χ1v) is 6.30. The summed E-state index contributed by atoms with van der Waals surface area (Å²) < 4.78 is 5.29. The third kappa shape index (κ3) is 6.36. The molecule has 0 aliphatic heterocycles. The second-order valence-electron chi connectivity index (χ2n) is 3.36. The Kier molecular flexibility index (Phi) is 7.98. The Morgan fingerprint density at radius 2 is 1.78 bits per heavy atom. The Morgan fingerprint density at radius 1 is 1.22 bits per heavy atom. The van der Waals surface area contributed by atoms with Gasteiger partial charge in [-0.2, -0.15) is 0 Å². The monoisotopic (exact) mass is 286 g/mol. The molecule has 0 aliphatic carbocycles. The molecule has 0 saturated carbocycles. The Hall–Kier alpha value is -1.40. The van der Waals surface area contributed by atoms with Crippen molar-refractivity contribution in [2.24, 2.45) is 11.5 Å². The summed E-state index contributed by atoms with van der Waals surface area (Å²) in [4.78, 5) is 0. The first-order chi connectivity index (χ1) is 8.42. The van der Waals surface area contributed by atoms with E-state index in [1.807, 2.05) is 12.1 Å². The lowest BCUT2D eigenvalue weighted by molar-refractivity contribution is 0.548. The summed E-state index contributed by atoms with van der Waals surface area (Å²) in [6.07, 6.45) is 1.93. The Morgan fingerprint density at radius 3 is 2.17 bits per heavy atom. The maximum absolute atomic E-state index is 7.56. The van der Waals surface area contributed by atoms with Crippen molar-refractivity contribution in [1.29, 1.82) is 0 Å². The van der Waals surface area contributed by atoms with Crippen LogP contribution in [-0.2, 0) is 12.8 Å². The van der Waals surface area contributed by atoms with Gasteiger partial charge in [-0.3, -0.25) is 0 Å². The van der Waals surface area contributed by atoms with Crippen LogP contribution < -0.4 is 16.2 Å². The number of aryl methyl sites for hydroxylation is 1. The Balaban J connectivity index is 0.000000631. The van der Waals surface area contributed by atoms with Gasteiger partial charge in [0, 0.05) is 0 Å². The number of nitrogens with two attached hydrogens (primary N) is 2. The van der Waals surface area contributed by atoms with Crippen LogP contribution in [0.25, 0.3) is 0 Å². The summed E-state index contributed by atoms with van der Waals surface area (Å²) >= 11 is 8.59. The molecule has 0 atom stereocenters. The molecule has 0 fully saturated rings. The molecule has 100 valence electrons. The fourth-order valence-electron chi connectivity index (χ4n) is 1.55. The predicted molar refractivity (Wildman–Crippen MR) is 82.0 cm³/mol. The summed E-state index contributed by atoms with van der Waals surface area (Å²) in [5.41, 5.74) is 12.2. The highest BCUT2D eigenvalue weighted by Crippen LogP contribution is 2.23. The van der Waals surface area contributed by atoms with E-state index < -0.39 is 5.17 Å². The molecule has 0 bridgehead atoms. The van der Waals surface area contributed by atoms with Gasteiger partial charge in [0.15, 0.2) is 0 Å². The molecule has 0 aliphatic rings. The van der Waals surface area contributed by atoms with Crippen molar-refractivity contribution in [3.05, 3.63) is 29.3 Å². The third-order valence-corrected chi connectivity index (χ3v) is 2.26. The Bertz CT molecular complexity index is 419. The van der Waals surface area contributed by atoms with Gasteiger partial charge in [0.25, 0.3) is 10.3 Å². The average molecular weight is 286 g/mol. The molecule has 0 saturated heterocycles. The van der Waals surface area contributed by atoms with Crippen molar-refractivity contribution in [3.8, 4) is 5.75 Å². The molecule has 1 aromatic carbocycles. The van der Waals surface area contributed by atoms with Crippen molar-refractivity contribution in [1.82, 2.24) is 0 Å². The highest BCUT2D eigenvalue weighted by Gasteiger charge is 2.06. The van der Waals surface area contributed by atoms with E-state index in [2.05, 4.69) is 37.9 Å². The van der Waals surface area contributed by atoms with Gasteiger partial charge in [-0.15, -0.1) is 0 Å². The number of thiocarbonyl (C=S) groups is 2. The molecule has 0 aromatic heterocycles. The number of aliphatic hydroxyl groups is 1. The molecule has 1 aromatic rings. The maximum Gasteiger partial charge on any atom is 0.259 e. The zero-order valence-corrected chi connectivity index (χ0v) is 12.1. The van der Waals surface area contributed by atoms with Crippen LogP contribution in [0.3, 0.4) is 0 Å². The standard InChI is InChI=1S/C11H15NOS.CH3NOS/c1-3-8-6-5-7-10(9(8)4-2)13-11(12)14;2-1(3)4/h5-7H,3-4H2,1-2H3,(H2,12,14);(H3,2,3,4). The number of rotatable bonds is 3. The van der Waals surface area contributed by atoms with Crippen LogP contribution in [0.15, 0.2) is 18.2 Å². The van der Waals surface area contributed by atoms with Crippen molar-refractivity contribution in [2.75, 3.05) is 0 Å². The van der Waals surface area contributed by atoms with Gasteiger partial charge in [-0.25, -0.2) is 0 Å². The minimum absolute atomic E-state index is 0.0768. The minimum atomic E-state index is -0.500. The van der Waals surface area contributed by atoms with Crippen LogP contribution in [0.2, 0.25) is 0 Å². The lowest BCUT2D eigenvalue weighted by Crippen LogP contribution is -2.17. The molecule has 0 amide bonds. The fourth-order valence-corrected chi connectivity index (χ4v) is 1.64.